The molecule has 4 rings (SSSR count). The molecule has 0 unspecified atom stereocenters. The third kappa shape index (κ3) is 5.04. The van der Waals surface area contributed by atoms with Crippen LogP contribution in [0.25, 0.3) is 6.08 Å². The number of para-hydroxylation sites is 1. The maximum Gasteiger partial charge on any atom is 0.276 e. The summed E-state index contributed by atoms with van der Waals surface area (Å²) < 4.78 is 6.24. The van der Waals surface area contributed by atoms with Gasteiger partial charge in [0.15, 0.2) is 0 Å². The summed E-state index contributed by atoms with van der Waals surface area (Å²) in [5, 5.41) is 11.1. The van der Waals surface area contributed by atoms with Gasteiger partial charge in [-0.2, -0.15) is 0 Å². The number of carbonyl (C=O) groups excluding carboxylic acids is 1. The van der Waals surface area contributed by atoms with Crippen LogP contribution in [0, 0.1) is 10.1 Å². The second kappa shape index (κ2) is 9.76. The predicted molar refractivity (Wildman–Crippen MR) is 129 cm³/mol. The highest BCUT2D eigenvalue weighted by Crippen LogP contribution is 2.34. The fourth-order valence-corrected chi connectivity index (χ4v) is 4.44. The van der Waals surface area contributed by atoms with Crippen molar-refractivity contribution in [3.05, 3.63) is 111 Å². The molecule has 0 atom stereocenters. The first-order valence-corrected chi connectivity index (χ1v) is 11.0. The van der Waals surface area contributed by atoms with Crippen molar-refractivity contribution in [2.45, 2.75) is 13.2 Å². The molecule has 0 spiro atoms. The SMILES string of the molecule is O=C1C(=Cc2ccc(OCc3ccccc3[N+](=O)[O-])cc2)SC(=S)N1Cc1ccccc1. The van der Waals surface area contributed by atoms with E-state index in [0.29, 0.717) is 27.1 Å². The number of amides is 1. The Morgan fingerprint density at radius 1 is 1.00 bits per heavy atom. The maximum atomic E-state index is 12.8. The van der Waals surface area contributed by atoms with Crippen molar-refractivity contribution in [3.8, 4) is 5.75 Å². The van der Waals surface area contributed by atoms with Gasteiger partial charge >= 0.3 is 0 Å². The Hall–Kier alpha value is -3.49. The van der Waals surface area contributed by atoms with E-state index < -0.39 is 4.92 Å². The summed E-state index contributed by atoms with van der Waals surface area (Å²) in [7, 11) is 0. The number of nitro groups is 1. The van der Waals surface area contributed by atoms with Crippen molar-refractivity contribution in [3.63, 3.8) is 0 Å². The van der Waals surface area contributed by atoms with E-state index in [0.717, 1.165) is 11.1 Å². The molecule has 32 heavy (non-hydrogen) atoms. The fourth-order valence-electron chi connectivity index (χ4n) is 3.19. The molecule has 8 heteroatoms. The number of carbonyl (C=O) groups is 1. The summed E-state index contributed by atoms with van der Waals surface area (Å²) in [6.45, 7) is 0.538. The molecule has 1 aliphatic rings. The zero-order valence-electron chi connectivity index (χ0n) is 16.8. The van der Waals surface area contributed by atoms with E-state index in [1.165, 1.54) is 17.8 Å². The minimum absolute atomic E-state index is 0.0293. The molecule has 1 heterocycles. The van der Waals surface area contributed by atoms with Gasteiger partial charge in [-0.1, -0.05) is 78.6 Å². The van der Waals surface area contributed by atoms with Gasteiger partial charge in [-0.3, -0.25) is 19.8 Å². The quantitative estimate of drug-likeness (QED) is 0.198. The lowest BCUT2D eigenvalue weighted by Crippen LogP contribution is -2.27. The topological polar surface area (TPSA) is 72.7 Å². The number of benzene rings is 3. The summed E-state index contributed by atoms with van der Waals surface area (Å²) in [5.74, 6) is 0.470. The number of thiocarbonyl (C=S) groups is 1. The van der Waals surface area contributed by atoms with E-state index in [-0.39, 0.29) is 18.2 Å². The number of nitro benzene ring substituents is 1. The van der Waals surface area contributed by atoms with Crippen LogP contribution < -0.4 is 4.74 Å². The maximum absolute atomic E-state index is 12.8. The van der Waals surface area contributed by atoms with Crippen LogP contribution in [0.5, 0.6) is 5.75 Å². The van der Waals surface area contributed by atoms with Gasteiger partial charge in [0.2, 0.25) is 0 Å². The summed E-state index contributed by atoms with van der Waals surface area (Å²) in [6.07, 6.45) is 1.80. The van der Waals surface area contributed by atoms with Crippen LogP contribution >= 0.6 is 24.0 Å². The van der Waals surface area contributed by atoms with E-state index in [1.807, 2.05) is 42.5 Å². The molecule has 1 amide bonds. The minimum atomic E-state index is -0.421. The Balaban J connectivity index is 1.42. The molecule has 0 radical (unpaired) electrons. The van der Waals surface area contributed by atoms with Gasteiger partial charge in [0.25, 0.3) is 11.6 Å². The van der Waals surface area contributed by atoms with Crippen molar-refractivity contribution in [2.75, 3.05) is 0 Å². The van der Waals surface area contributed by atoms with Gasteiger partial charge in [-0.25, -0.2) is 0 Å². The van der Waals surface area contributed by atoms with Crippen LogP contribution in [0.2, 0.25) is 0 Å². The van der Waals surface area contributed by atoms with Crippen molar-refractivity contribution in [1.82, 2.24) is 4.90 Å². The Kier molecular flexibility index (Phi) is 6.63. The summed E-state index contributed by atoms with van der Waals surface area (Å²) in [6, 6.07) is 23.4. The van der Waals surface area contributed by atoms with E-state index >= 15 is 0 Å². The first-order valence-electron chi connectivity index (χ1n) is 9.76. The number of ether oxygens (including phenoxy) is 1. The lowest BCUT2D eigenvalue weighted by molar-refractivity contribution is -0.385. The third-order valence-corrected chi connectivity index (χ3v) is 6.20. The molecule has 1 saturated heterocycles. The van der Waals surface area contributed by atoms with E-state index in [4.69, 9.17) is 17.0 Å². The molecule has 6 nitrogen and oxygen atoms in total. The first kappa shape index (κ1) is 21.7. The second-order valence-corrected chi connectivity index (χ2v) is 8.67. The summed E-state index contributed by atoms with van der Waals surface area (Å²) >= 11 is 6.69. The molecule has 0 bridgehead atoms. The van der Waals surface area contributed by atoms with Crippen LogP contribution in [0.1, 0.15) is 16.7 Å². The van der Waals surface area contributed by atoms with Gasteiger partial charge < -0.3 is 4.74 Å². The van der Waals surface area contributed by atoms with Crippen LogP contribution in [-0.2, 0) is 17.9 Å². The highest BCUT2D eigenvalue weighted by atomic mass is 32.2. The minimum Gasteiger partial charge on any atom is -0.489 e. The number of hydrogen-bond acceptors (Lipinski definition) is 6. The molecule has 1 fully saturated rings. The van der Waals surface area contributed by atoms with Gasteiger partial charge in [-0.15, -0.1) is 0 Å². The van der Waals surface area contributed by atoms with E-state index in [2.05, 4.69) is 0 Å². The van der Waals surface area contributed by atoms with Crippen LogP contribution in [0.3, 0.4) is 0 Å². The molecule has 0 N–H and O–H groups in total. The number of rotatable bonds is 7. The lowest BCUT2D eigenvalue weighted by Gasteiger charge is -2.14. The monoisotopic (exact) mass is 462 g/mol. The van der Waals surface area contributed by atoms with Gasteiger partial charge in [-0.05, 0) is 35.4 Å². The van der Waals surface area contributed by atoms with Gasteiger partial charge in [0.1, 0.15) is 16.7 Å². The standard InChI is InChI=1S/C24H18N2O4S2/c27-23-22(32-24(31)25(23)15-18-6-2-1-3-7-18)14-17-10-12-20(13-11-17)30-16-19-8-4-5-9-21(19)26(28)29/h1-14H,15-16H2. The molecule has 3 aromatic rings. The van der Waals surface area contributed by atoms with Crippen molar-refractivity contribution in [1.29, 1.82) is 0 Å². The average Bonchev–Trinajstić information content (AvgIpc) is 3.06. The molecule has 160 valence electrons. The Bertz CT molecular complexity index is 1190. The average molecular weight is 463 g/mol. The highest BCUT2D eigenvalue weighted by molar-refractivity contribution is 8.26. The normalized spacial score (nSPS) is 14.8. The second-order valence-electron chi connectivity index (χ2n) is 7.00. The highest BCUT2D eigenvalue weighted by Gasteiger charge is 2.31. The smallest absolute Gasteiger partial charge is 0.276 e. The summed E-state index contributed by atoms with van der Waals surface area (Å²) in [4.78, 5) is 25.7. The number of nitrogens with zero attached hydrogens (tertiary/aromatic N) is 2. The van der Waals surface area contributed by atoms with Crippen molar-refractivity contribution in [2.24, 2.45) is 0 Å². The lowest BCUT2D eigenvalue weighted by atomic mass is 10.2. The van der Waals surface area contributed by atoms with Crippen LogP contribution in [0.15, 0.2) is 83.8 Å². The Morgan fingerprint density at radius 2 is 1.69 bits per heavy atom. The third-order valence-electron chi connectivity index (χ3n) is 4.82. The van der Waals surface area contributed by atoms with Gasteiger partial charge in [0.05, 0.1) is 21.9 Å². The molecule has 0 saturated carbocycles. The van der Waals surface area contributed by atoms with Crippen LogP contribution in [-0.4, -0.2) is 20.1 Å². The Morgan fingerprint density at radius 3 is 2.41 bits per heavy atom. The molecule has 3 aromatic carbocycles. The van der Waals surface area contributed by atoms with E-state index in [9.17, 15) is 14.9 Å². The molecule has 0 aromatic heterocycles. The van der Waals surface area contributed by atoms with Crippen molar-refractivity contribution < 1.29 is 14.5 Å². The van der Waals surface area contributed by atoms with E-state index in [1.54, 1.807) is 41.3 Å². The zero-order valence-corrected chi connectivity index (χ0v) is 18.5. The summed E-state index contributed by atoms with van der Waals surface area (Å²) in [5.41, 5.74) is 2.39. The van der Waals surface area contributed by atoms with Gasteiger partial charge in [0, 0.05) is 6.07 Å². The Labute approximate surface area is 194 Å². The molecular weight excluding hydrogens is 444 g/mol. The predicted octanol–water partition coefficient (Wildman–Crippen LogP) is 5.58. The molecule has 0 aliphatic carbocycles. The largest absolute Gasteiger partial charge is 0.489 e. The van der Waals surface area contributed by atoms with Crippen LogP contribution in [0.4, 0.5) is 5.69 Å². The molecular formula is C24H18N2O4S2. The first-order chi connectivity index (χ1) is 15.5. The fraction of sp³-hybridized carbons (Fsp3) is 0.0833. The number of thioether (sulfide) groups is 1. The van der Waals surface area contributed by atoms with Crippen molar-refractivity contribution >= 4 is 46.0 Å². The molecule has 1 aliphatic heterocycles. The zero-order chi connectivity index (χ0) is 22.5. The number of hydrogen-bond donors (Lipinski definition) is 0.